The zero-order valence-corrected chi connectivity index (χ0v) is 26.1. The lowest BCUT2D eigenvalue weighted by Gasteiger charge is -2.34. The molecule has 1 N–H and O–H groups in total. The SMILES string of the molecule is COc1ccc(C)cc1N(CC(=O)N(Cc1ccc(Cl)cc1Cl)[C@@H](Cc1ccccc1)C(=O)NC(C)C)S(C)(=O)=O. The number of hydrogen-bond donors (Lipinski definition) is 1. The number of amides is 2. The summed E-state index contributed by atoms with van der Waals surface area (Å²) in [5.41, 5.74) is 2.39. The van der Waals surface area contributed by atoms with Gasteiger partial charge in [0.05, 0.1) is 19.1 Å². The van der Waals surface area contributed by atoms with Crippen molar-refractivity contribution in [1.82, 2.24) is 10.2 Å². The van der Waals surface area contributed by atoms with E-state index in [1.54, 1.807) is 36.4 Å². The van der Waals surface area contributed by atoms with E-state index in [1.807, 2.05) is 51.1 Å². The summed E-state index contributed by atoms with van der Waals surface area (Å²) >= 11 is 12.6. The summed E-state index contributed by atoms with van der Waals surface area (Å²) in [5.74, 6) is -0.675. The summed E-state index contributed by atoms with van der Waals surface area (Å²) in [6.07, 6.45) is 1.22. The van der Waals surface area contributed by atoms with Crippen molar-refractivity contribution in [2.75, 3.05) is 24.2 Å². The zero-order valence-electron chi connectivity index (χ0n) is 23.7. The molecular formula is C30H35Cl2N3O5S. The van der Waals surface area contributed by atoms with E-state index >= 15 is 0 Å². The van der Waals surface area contributed by atoms with Crippen LogP contribution in [0.5, 0.6) is 5.75 Å². The molecule has 220 valence electrons. The largest absolute Gasteiger partial charge is 0.495 e. The Kier molecular flexibility index (Phi) is 11.1. The van der Waals surface area contributed by atoms with E-state index in [0.717, 1.165) is 21.7 Å². The summed E-state index contributed by atoms with van der Waals surface area (Å²) in [4.78, 5) is 29.2. The number of ether oxygens (including phenoxy) is 1. The van der Waals surface area contributed by atoms with Crippen molar-refractivity contribution in [3.8, 4) is 5.75 Å². The fourth-order valence-electron chi connectivity index (χ4n) is 4.36. The highest BCUT2D eigenvalue weighted by Gasteiger charge is 2.34. The summed E-state index contributed by atoms with van der Waals surface area (Å²) in [5, 5.41) is 3.65. The number of anilines is 1. The van der Waals surface area contributed by atoms with Gasteiger partial charge in [0.2, 0.25) is 21.8 Å². The van der Waals surface area contributed by atoms with Gasteiger partial charge in [-0.05, 0) is 61.7 Å². The van der Waals surface area contributed by atoms with Crippen molar-refractivity contribution in [3.63, 3.8) is 0 Å². The van der Waals surface area contributed by atoms with Crippen molar-refractivity contribution in [2.24, 2.45) is 0 Å². The number of rotatable bonds is 12. The Morgan fingerprint density at radius 2 is 1.68 bits per heavy atom. The van der Waals surface area contributed by atoms with Gasteiger partial charge in [-0.2, -0.15) is 0 Å². The molecule has 41 heavy (non-hydrogen) atoms. The van der Waals surface area contributed by atoms with Crippen molar-refractivity contribution in [3.05, 3.63) is 93.5 Å². The van der Waals surface area contributed by atoms with E-state index in [0.29, 0.717) is 21.4 Å². The summed E-state index contributed by atoms with van der Waals surface area (Å²) in [6.45, 7) is 4.85. The topological polar surface area (TPSA) is 96.0 Å². The highest BCUT2D eigenvalue weighted by atomic mass is 35.5. The average Bonchev–Trinajstić information content (AvgIpc) is 2.89. The van der Waals surface area contributed by atoms with Gasteiger partial charge in [-0.3, -0.25) is 13.9 Å². The molecule has 0 spiro atoms. The minimum Gasteiger partial charge on any atom is -0.495 e. The third-order valence-electron chi connectivity index (χ3n) is 6.34. The number of hydrogen-bond acceptors (Lipinski definition) is 5. The summed E-state index contributed by atoms with van der Waals surface area (Å²) in [6, 6.07) is 18.1. The lowest BCUT2D eigenvalue weighted by atomic mass is 10.0. The molecule has 0 bridgehead atoms. The van der Waals surface area contributed by atoms with Crippen LogP contribution in [0.4, 0.5) is 5.69 Å². The van der Waals surface area contributed by atoms with Crippen molar-refractivity contribution in [1.29, 1.82) is 0 Å². The number of sulfonamides is 1. The fraction of sp³-hybridized carbons (Fsp3) is 0.333. The van der Waals surface area contributed by atoms with Gasteiger partial charge in [-0.25, -0.2) is 8.42 Å². The van der Waals surface area contributed by atoms with Gasteiger partial charge in [0.25, 0.3) is 0 Å². The molecule has 1 atom stereocenters. The first-order chi connectivity index (χ1) is 19.3. The van der Waals surface area contributed by atoms with Crippen LogP contribution in [0.2, 0.25) is 10.0 Å². The normalized spacial score (nSPS) is 12.1. The van der Waals surface area contributed by atoms with Crippen molar-refractivity contribution in [2.45, 2.75) is 45.8 Å². The molecule has 0 fully saturated rings. The Hall–Kier alpha value is -3.27. The Bertz CT molecular complexity index is 1480. The zero-order chi connectivity index (χ0) is 30.3. The Labute approximate surface area is 252 Å². The highest BCUT2D eigenvalue weighted by Crippen LogP contribution is 2.32. The molecule has 2 amide bonds. The first-order valence-electron chi connectivity index (χ1n) is 13.0. The number of aryl methyl sites for hydroxylation is 1. The number of carbonyl (C=O) groups excluding carboxylic acids is 2. The van der Waals surface area contributed by atoms with Gasteiger partial charge in [-0.15, -0.1) is 0 Å². The van der Waals surface area contributed by atoms with E-state index in [9.17, 15) is 18.0 Å². The smallest absolute Gasteiger partial charge is 0.244 e. The van der Waals surface area contributed by atoms with Gasteiger partial charge in [-0.1, -0.05) is 65.7 Å². The fourth-order valence-corrected chi connectivity index (χ4v) is 5.67. The predicted octanol–water partition coefficient (Wildman–Crippen LogP) is 5.24. The third-order valence-corrected chi connectivity index (χ3v) is 8.05. The number of nitrogens with one attached hydrogen (secondary N) is 1. The van der Waals surface area contributed by atoms with Gasteiger partial charge >= 0.3 is 0 Å². The molecule has 8 nitrogen and oxygen atoms in total. The van der Waals surface area contributed by atoms with Crippen LogP contribution in [0.1, 0.15) is 30.5 Å². The van der Waals surface area contributed by atoms with Gasteiger partial charge < -0.3 is 15.0 Å². The average molecular weight is 621 g/mol. The minimum atomic E-state index is -3.94. The van der Waals surface area contributed by atoms with Crippen LogP contribution >= 0.6 is 23.2 Å². The molecule has 0 radical (unpaired) electrons. The number of carbonyl (C=O) groups is 2. The molecule has 0 aliphatic rings. The maximum atomic E-state index is 14.2. The quantitative estimate of drug-likeness (QED) is 0.299. The molecule has 3 aromatic carbocycles. The van der Waals surface area contributed by atoms with Gasteiger partial charge in [0.1, 0.15) is 18.3 Å². The lowest BCUT2D eigenvalue weighted by Crippen LogP contribution is -2.54. The molecule has 0 unspecified atom stereocenters. The Morgan fingerprint density at radius 3 is 2.27 bits per heavy atom. The number of halogens is 2. The van der Waals surface area contributed by atoms with E-state index in [2.05, 4.69) is 5.32 Å². The second-order valence-electron chi connectivity index (χ2n) is 10.1. The standard InChI is InChI=1S/C30H35Cl2N3O5S/c1-20(2)33-30(37)27(16-22-9-7-6-8-10-22)34(18-23-12-13-24(31)17-25(23)32)29(36)19-35(41(5,38)39)26-15-21(3)11-14-28(26)40-4/h6-15,17,20,27H,16,18-19H2,1-5H3,(H,33,37)/t27-/m0/s1. The summed E-state index contributed by atoms with van der Waals surface area (Å²) in [7, 11) is -2.52. The van der Waals surface area contributed by atoms with Gasteiger partial charge in [0, 0.05) is 29.1 Å². The number of nitrogens with zero attached hydrogens (tertiary/aromatic N) is 2. The van der Waals surface area contributed by atoms with Crippen LogP contribution in [-0.2, 0) is 32.6 Å². The van der Waals surface area contributed by atoms with E-state index in [-0.39, 0.29) is 30.6 Å². The van der Waals surface area contributed by atoms with Crippen LogP contribution < -0.4 is 14.4 Å². The van der Waals surface area contributed by atoms with Crippen LogP contribution in [0.15, 0.2) is 66.7 Å². The predicted molar refractivity (Wildman–Crippen MR) is 164 cm³/mol. The first-order valence-corrected chi connectivity index (χ1v) is 15.6. The van der Waals surface area contributed by atoms with Crippen LogP contribution in [-0.4, -0.2) is 57.1 Å². The second kappa shape index (κ2) is 14.1. The Balaban J connectivity index is 2.13. The monoisotopic (exact) mass is 619 g/mol. The van der Waals surface area contributed by atoms with E-state index in [4.69, 9.17) is 27.9 Å². The molecular weight excluding hydrogens is 585 g/mol. The van der Waals surface area contributed by atoms with E-state index in [1.165, 1.54) is 12.0 Å². The lowest BCUT2D eigenvalue weighted by molar-refractivity contribution is -0.140. The molecule has 3 rings (SSSR count). The molecule has 11 heteroatoms. The second-order valence-corrected chi connectivity index (χ2v) is 12.8. The molecule has 0 aliphatic carbocycles. The Morgan fingerprint density at radius 1 is 1.00 bits per heavy atom. The summed E-state index contributed by atoms with van der Waals surface area (Å²) < 4.78 is 32.5. The molecule has 0 aromatic heterocycles. The number of methoxy groups -OCH3 is 1. The molecule has 3 aromatic rings. The first kappa shape index (κ1) is 32.2. The maximum absolute atomic E-state index is 14.2. The van der Waals surface area contributed by atoms with Gasteiger partial charge in [0.15, 0.2) is 0 Å². The van der Waals surface area contributed by atoms with Crippen LogP contribution in [0.3, 0.4) is 0 Å². The molecule has 0 saturated carbocycles. The minimum absolute atomic E-state index is 0.0552. The van der Waals surface area contributed by atoms with Crippen LogP contribution in [0.25, 0.3) is 0 Å². The van der Waals surface area contributed by atoms with Crippen LogP contribution in [0, 0.1) is 6.92 Å². The van der Waals surface area contributed by atoms with Crippen molar-refractivity contribution >= 4 is 50.7 Å². The molecule has 0 heterocycles. The highest BCUT2D eigenvalue weighted by molar-refractivity contribution is 7.92. The van der Waals surface area contributed by atoms with E-state index < -0.39 is 28.5 Å². The number of benzene rings is 3. The third kappa shape index (κ3) is 8.86. The molecule has 0 aliphatic heterocycles. The van der Waals surface area contributed by atoms with Crippen molar-refractivity contribution < 1.29 is 22.7 Å². The maximum Gasteiger partial charge on any atom is 0.244 e. The molecule has 0 saturated heterocycles.